The molecule has 1 aliphatic rings. The number of rotatable bonds is 8. The second kappa shape index (κ2) is 10.6. The number of methoxy groups -OCH3 is 2. The monoisotopic (exact) mass is 538 g/mol. The summed E-state index contributed by atoms with van der Waals surface area (Å²) in [6.45, 7) is 7.30. The molecule has 1 aliphatic heterocycles. The normalized spacial score (nSPS) is 16.1. The van der Waals surface area contributed by atoms with E-state index in [1.54, 1.807) is 12.1 Å². The smallest absolute Gasteiger partial charge is 0.264 e. The second-order valence-electron chi connectivity index (χ2n) is 10.1. The molecule has 1 unspecified atom stereocenters. The fourth-order valence-corrected chi connectivity index (χ4v) is 6.24. The molecule has 1 atom stereocenters. The summed E-state index contributed by atoms with van der Waals surface area (Å²) in [5.41, 5.74) is 2.54. The Morgan fingerprint density at radius 1 is 1.00 bits per heavy atom. The number of carbonyl (C=O) groups excluding carboxylic acids is 1. The van der Waals surface area contributed by atoms with Crippen molar-refractivity contribution in [3.05, 3.63) is 77.4 Å². The lowest BCUT2D eigenvalue weighted by molar-refractivity contribution is -0.120. The van der Waals surface area contributed by atoms with Crippen molar-refractivity contribution >= 4 is 21.6 Å². The highest BCUT2D eigenvalue weighted by Crippen LogP contribution is 2.39. The Morgan fingerprint density at radius 3 is 2.32 bits per heavy atom. The van der Waals surface area contributed by atoms with Crippen molar-refractivity contribution in [1.29, 1.82) is 0 Å². The van der Waals surface area contributed by atoms with Gasteiger partial charge >= 0.3 is 0 Å². The van der Waals surface area contributed by atoms with Crippen LogP contribution in [0.5, 0.6) is 17.2 Å². The molecule has 202 valence electrons. The molecular weight excluding hydrogens is 504 g/mol. The van der Waals surface area contributed by atoms with Crippen LogP contribution in [-0.2, 0) is 14.8 Å². The third-order valence-electron chi connectivity index (χ3n) is 6.44. The van der Waals surface area contributed by atoms with E-state index in [9.17, 15) is 13.2 Å². The highest BCUT2D eigenvalue weighted by molar-refractivity contribution is 7.92. The summed E-state index contributed by atoms with van der Waals surface area (Å²) in [6.07, 6.45) is 0.543. The molecule has 0 aliphatic carbocycles. The van der Waals surface area contributed by atoms with Crippen LogP contribution in [0.15, 0.2) is 65.6 Å². The molecule has 3 aromatic rings. The van der Waals surface area contributed by atoms with Crippen molar-refractivity contribution in [2.75, 3.05) is 25.1 Å². The average molecular weight is 539 g/mol. The molecule has 0 radical (unpaired) electrons. The summed E-state index contributed by atoms with van der Waals surface area (Å²) in [4.78, 5) is 13.5. The maximum Gasteiger partial charge on any atom is 0.264 e. The van der Waals surface area contributed by atoms with Crippen molar-refractivity contribution in [3.63, 3.8) is 0 Å². The molecule has 0 saturated heterocycles. The van der Waals surface area contributed by atoms with Crippen LogP contribution in [0.3, 0.4) is 0 Å². The van der Waals surface area contributed by atoms with Gasteiger partial charge in [0.2, 0.25) is 5.91 Å². The van der Waals surface area contributed by atoms with Crippen LogP contribution in [0.25, 0.3) is 0 Å². The minimum absolute atomic E-state index is 0.0142. The van der Waals surface area contributed by atoms with E-state index in [0.717, 1.165) is 21.0 Å². The Labute approximate surface area is 224 Å². The SMILES string of the molecule is COc1ccc(S(=O)(=O)N(CC(=O)NC2CC(C)(C)Oc3ccccc32)c2cc(C)cc(C)c2)cc1OC. The number of sulfonamides is 1. The molecular formula is C29H34N2O6S. The number of anilines is 1. The van der Waals surface area contributed by atoms with E-state index in [-0.39, 0.29) is 16.7 Å². The molecule has 38 heavy (non-hydrogen) atoms. The Balaban J connectivity index is 1.70. The first-order valence-electron chi connectivity index (χ1n) is 12.3. The van der Waals surface area contributed by atoms with Crippen LogP contribution in [-0.4, -0.2) is 40.7 Å². The second-order valence-corrected chi connectivity index (χ2v) is 12.0. The van der Waals surface area contributed by atoms with Gasteiger partial charge in [-0.2, -0.15) is 0 Å². The fourth-order valence-electron chi connectivity index (χ4n) is 4.82. The van der Waals surface area contributed by atoms with E-state index in [0.29, 0.717) is 23.6 Å². The minimum Gasteiger partial charge on any atom is -0.493 e. The standard InChI is InChI=1S/C29H34N2O6S/c1-19-13-20(2)15-21(14-19)31(38(33,34)22-11-12-26(35-5)27(16-22)36-6)18-28(32)30-24-17-29(3,4)37-25-10-8-7-9-23(24)25/h7-16,24H,17-18H2,1-6H3,(H,30,32). The molecule has 0 bridgehead atoms. The van der Waals surface area contributed by atoms with Gasteiger partial charge in [0.25, 0.3) is 10.0 Å². The molecule has 0 aromatic heterocycles. The summed E-state index contributed by atoms with van der Waals surface area (Å²) < 4.78 is 45.8. The first-order chi connectivity index (χ1) is 17.9. The number of ether oxygens (including phenoxy) is 3. The Kier molecular flexibility index (Phi) is 7.60. The molecule has 1 heterocycles. The van der Waals surface area contributed by atoms with Crippen LogP contribution in [0.2, 0.25) is 0 Å². The zero-order chi connectivity index (χ0) is 27.7. The molecule has 4 rings (SSSR count). The van der Waals surface area contributed by atoms with Gasteiger partial charge < -0.3 is 19.5 Å². The fraction of sp³-hybridized carbons (Fsp3) is 0.345. The van der Waals surface area contributed by atoms with Gasteiger partial charge in [-0.1, -0.05) is 24.3 Å². The third kappa shape index (κ3) is 5.72. The summed E-state index contributed by atoms with van der Waals surface area (Å²) in [7, 11) is -1.23. The molecule has 0 spiro atoms. The van der Waals surface area contributed by atoms with Crippen LogP contribution in [0, 0.1) is 13.8 Å². The van der Waals surface area contributed by atoms with E-state index in [1.165, 1.54) is 32.4 Å². The average Bonchev–Trinajstić information content (AvgIpc) is 2.85. The predicted molar refractivity (Wildman–Crippen MR) is 147 cm³/mol. The summed E-state index contributed by atoms with van der Waals surface area (Å²) in [6, 6.07) is 17.1. The summed E-state index contributed by atoms with van der Waals surface area (Å²) in [5.74, 6) is 0.964. The number of hydrogen-bond donors (Lipinski definition) is 1. The van der Waals surface area contributed by atoms with Crippen molar-refractivity contribution in [1.82, 2.24) is 5.32 Å². The molecule has 0 saturated carbocycles. The van der Waals surface area contributed by atoms with Gasteiger partial charge in [-0.05, 0) is 69.2 Å². The van der Waals surface area contributed by atoms with Gasteiger partial charge in [-0.3, -0.25) is 9.10 Å². The lowest BCUT2D eigenvalue weighted by atomic mass is 9.89. The maximum absolute atomic E-state index is 14.0. The Bertz CT molecular complexity index is 1430. The van der Waals surface area contributed by atoms with Gasteiger partial charge in [0, 0.05) is 18.1 Å². The first-order valence-corrected chi connectivity index (χ1v) is 13.8. The summed E-state index contributed by atoms with van der Waals surface area (Å²) >= 11 is 0. The quantitative estimate of drug-likeness (QED) is 0.437. The van der Waals surface area contributed by atoms with Crippen LogP contribution >= 0.6 is 0 Å². The van der Waals surface area contributed by atoms with E-state index in [2.05, 4.69) is 5.32 Å². The number of hydrogen-bond acceptors (Lipinski definition) is 6. The number of carbonyl (C=O) groups is 1. The Morgan fingerprint density at radius 2 is 1.66 bits per heavy atom. The number of benzene rings is 3. The third-order valence-corrected chi connectivity index (χ3v) is 8.21. The van der Waals surface area contributed by atoms with Crippen LogP contribution < -0.4 is 23.8 Å². The molecule has 1 N–H and O–H groups in total. The topological polar surface area (TPSA) is 94.2 Å². The molecule has 9 heteroatoms. The Hall–Kier alpha value is -3.72. The highest BCUT2D eigenvalue weighted by atomic mass is 32.2. The van der Waals surface area contributed by atoms with Crippen molar-refractivity contribution in [2.45, 2.75) is 50.7 Å². The number of aryl methyl sites for hydroxylation is 2. The molecule has 8 nitrogen and oxygen atoms in total. The zero-order valence-electron chi connectivity index (χ0n) is 22.6. The minimum atomic E-state index is -4.15. The number of nitrogens with one attached hydrogen (secondary N) is 1. The zero-order valence-corrected chi connectivity index (χ0v) is 23.4. The van der Waals surface area contributed by atoms with Gasteiger partial charge in [0.15, 0.2) is 11.5 Å². The lowest BCUT2D eigenvalue weighted by Gasteiger charge is -2.38. The molecule has 1 amide bonds. The van der Waals surface area contributed by atoms with E-state index in [1.807, 2.05) is 58.0 Å². The van der Waals surface area contributed by atoms with Gasteiger partial charge in [-0.15, -0.1) is 0 Å². The largest absolute Gasteiger partial charge is 0.493 e. The van der Waals surface area contributed by atoms with Gasteiger partial charge in [0.05, 0.1) is 30.8 Å². The van der Waals surface area contributed by atoms with Gasteiger partial charge in [-0.25, -0.2) is 8.42 Å². The number of nitrogens with zero attached hydrogens (tertiary/aromatic N) is 1. The van der Waals surface area contributed by atoms with E-state index in [4.69, 9.17) is 14.2 Å². The molecule has 3 aromatic carbocycles. The van der Waals surface area contributed by atoms with Crippen LogP contribution in [0.4, 0.5) is 5.69 Å². The maximum atomic E-state index is 14.0. The van der Waals surface area contributed by atoms with Crippen LogP contribution in [0.1, 0.15) is 43.0 Å². The van der Waals surface area contributed by atoms with Crippen molar-refractivity contribution in [2.24, 2.45) is 0 Å². The summed E-state index contributed by atoms with van der Waals surface area (Å²) in [5, 5.41) is 3.05. The highest BCUT2D eigenvalue weighted by Gasteiger charge is 2.35. The van der Waals surface area contributed by atoms with E-state index < -0.39 is 28.1 Å². The van der Waals surface area contributed by atoms with Crippen molar-refractivity contribution < 1.29 is 27.4 Å². The molecule has 0 fully saturated rings. The van der Waals surface area contributed by atoms with E-state index >= 15 is 0 Å². The first kappa shape index (κ1) is 27.3. The number of fused-ring (bicyclic) bond motifs is 1. The number of para-hydroxylation sites is 1. The lowest BCUT2D eigenvalue weighted by Crippen LogP contribution is -2.45. The predicted octanol–water partition coefficient (Wildman–Crippen LogP) is 4.93. The number of amides is 1. The van der Waals surface area contributed by atoms with Gasteiger partial charge in [0.1, 0.15) is 17.9 Å². The van der Waals surface area contributed by atoms with Crippen molar-refractivity contribution in [3.8, 4) is 17.2 Å².